The van der Waals surface area contributed by atoms with Crippen LogP contribution in [-0.2, 0) is 4.74 Å². The van der Waals surface area contributed by atoms with E-state index in [0.717, 1.165) is 18.6 Å². The lowest BCUT2D eigenvalue weighted by molar-refractivity contribution is 0.122. The Labute approximate surface area is 91.6 Å². The molecule has 0 aliphatic carbocycles. The fraction of sp³-hybridized carbons (Fsp3) is 0.444. The third-order valence-electron chi connectivity index (χ3n) is 2.54. The van der Waals surface area contributed by atoms with Crippen molar-refractivity contribution in [1.82, 2.24) is 19.9 Å². The van der Waals surface area contributed by atoms with Gasteiger partial charge in [0, 0.05) is 13.1 Å². The molecule has 1 fully saturated rings. The monoisotopic (exact) mass is 220 g/mol. The summed E-state index contributed by atoms with van der Waals surface area (Å²) in [7, 11) is 0. The molecule has 0 radical (unpaired) electrons. The first-order chi connectivity index (χ1) is 7.83. The number of imidazole rings is 1. The normalized spacial score (nSPS) is 16.9. The van der Waals surface area contributed by atoms with E-state index in [-0.39, 0.29) is 0 Å². The van der Waals surface area contributed by atoms with Crippen LogP contribution < -0.4 is 10.6 Å². The number of rotatable bonds is 1. The molecule has 1 aliphatic rings. The standard InChI is InChI=1S/C9H12N6O/c10-8-12-6-5-11-9(14-7(6)13-8)15-1-3-16-4-2-15/h5H,1-4H2,(H3,10,11,12,13,14). The fourth-order valence-electron chi connectivity index (χ4n) is 1.73. The number of nitrogen functional groups attached to an aromatic ring is 1. The van der Waals surface area contributed by atoms with Gasteiger partial charge in [-0.05, 0) is 0 Å². The Hall–Kier alpha value is -1.89. The molecule has 0 saturated carbocycles. The Kier molecular flexibility index (Phi) is 2.10. The number of ether oxygens (including phenoxy) is 1. The van der Waals surface area contributed by atoms with Gasteiger partial charge in [0.2, 0.25) is 5.95 Å². The van der Waals surface area contributed by atoms with E-state index in [4.69, 9.17) is 10.5 Å². The maximum absolute atomic E-state index is 5.55. The van der Waals surface area contributed by atoms with Crippen LogP contribution >= 0.6 is 0 Å². The van der Waals surface area contributed by atoms with Gasteiger partial charge in [-0.1, -0.05) is 0 Å². The van der Waals surface area contributed by atoms with Crippen LogP contribution in [0.5, 0.6) is 0 Å². The Morgan fingerprint density at radius 1 is 1.31 bits per heavy atom. The molecule has 7 nitrogen and oxygen atoms in total. The SMILES string of the molecule is Nc1nc2nc(N3CCOCC3)ncc2[nH]1. The topological polar surface area (TPSA) is 92.9 Å². The summed E-state index contributed by atoms with van der Waals surface area (Å²) in [6, 6.07) is 0. The zero-order valence-electron chi connectivity index (χ0n) is 8.68. The number of aromatic amines is 1. The second-order valence-electron chi connectivity index (χ2n) is 3.63. The number of nitrogens with two attached hydrogens (primary N) is 1. The molecule has 0 aromatic carbocycles. The van der Waals surface area contributed by atoms with Crippen LogP contribution in [0.2, 0.25) is 0 Å². The van der Waals surface area contributed by atoms with Gasteiger partial charge in [0.05, 0.1) is 19.4 Å². The van der Waals surface area contributed by atoms with E-state index < -0.39 is 0 Å². The summed E-state index contributed by atoms with van der Waals surface area (Å²) >= 11 is 0. The summed E-state index contributed by atoms with van der Waals surface area (Å²) in [6.07, 6.45) is 1.70. The molecule has 1 aliphatic heterocycles. The smallest absolute Gasteiger partial charge is 0.227 e. The summed E-state index contributed by atoms with van der Waals surface area (Å²) in [5, 5.41) is 0. The third kappa shape index (κ3) is 1.54. The maximum atomic E-state index is 5.55. The first-order valence-electron chi connectivity index (χ1n) is 5.14. The second kappa shape index (κ2) is 3.60. The number of hydrogen-bond acceptors (Lipinski definition) is 6. The molecule has 2 aromatic heterocycles. The quantitative estimate of drug-likeness (QED) is 0.689. The molecule has 1 saturated heterocycles. The minimum atomic E-state index is 0.364. The molecule has 7 heteroatoms. The van der Waals surface area contributed by atoms with Crippen LogP contribution in [0, 0.1) is 0 Å². The highest BCUT2D eigenvalue weighted by atomic mass is 16.5. The first-order valence-corrected chi connectivity index (χ1v) is 5.14. The molecule has 0 atom stereocenters. The Morgan fingerprint density at radius 3 is 2.94 bits per heavy atom. The van der Waals surface area contributed by atoms with E-state index in [9.17, 15) is 0 Å². The summed E-state index contributed by atoms with van der Waals surface area (Å²) in [6.45, 7) is 3.05. The number of morpholine rings is 1. The summed E-state index contributed by atoms with van der Waals surface area (Å²) in [5.74, 6) is 1.05. The number of H-pyrrole nitrogens is 1. The van der Waals surface area contributed by atoms with E-state index >= 15 is 0 Å². The van der Waals surface area contributed by atoms with Gasteiger partial charge in [0.25, 0.3) is 0 Å². The molecular formula is C9H12N6O. The van der Waals surface area contributed by atoms with E-state index in [1.54, 1.807) is 6.20 Å². The van der Waals surface area contributed by atoms with E-state index in [1.807, 2.05) is 0 Å². The second-order valence-corrected chi connectivity index (χ2v) is 3.63. The van der Waals surface area contributed by atoms with Crippen LogP contribution in [0.3, 0.4) is 0 Å². The lowest BCUT2D eigenvalue weighted by Crippen LogP contribution is -2.37. The van der Waals surface area contributed by atoms with Crippen LogP contribution in [0.25, 0.3) is 11.2 Å². The number of nitrogens with zero attached hydrogens (tertiary/aromatic N) is 4. The van der Waals surface area contributed by atoms with Crippen molar-refractivity contribution < 1.29 is 4.74 Å². The average molecular weight is 220 g/mol. The van der Waals surface area contributed by atoms with Crippen LogP contribution in [0.1, 0.15) is 0 Å². The predicted octanol–water partition coefficient (Wildman–Crippen LogP) is -0.228. The zero-order valence-corrected chi connectivity index (χ0v) is 8.68. The van der Waals surface area contributed by atoms with Crippen LogP contribution in [0.4, 0.5) is 11.9 Å². The van der Waals surface area contributed by atoms with Gasteiger partial charge in [-0.25, -0.2) is 4.98 Å². The van der Waals surface area contributed by atoms with Crippen molar-refractivity contribution in [3.63, 3.8) is 0 Å². The van der Waals surface area contributed by atoms with E-state index in [2.05, 4.69) is 24.8 Å². The Morgan fingerprint density at radius 2 is 2.12 bits per heavy atom. The molecule has 3 rings (SSSR count). The molecular weight excluding hydrogens is 208 g/mol. The number of hydrogen-bond donors (Lipinski definition) is 2. The molecule has 3 heterocycles. The van der Waals surface area contributed by atoms with Crippen molar-refractivity contribution in [2.75, 3.05) is 36.9 Å². The highest BCUT2D eigenvalue weighted by molar-refractivity contribution is 5.73. The van der Waals surface area contributed by atoms with Gasteiger partial charge in [0.1, 0.15) is 5.52 Å². The van der Waals surface area contributed by atoms with Crippen LogP contribution in [0.15, 0.2) is 6.20 Å². The average Bonchev–Trinajstić information content (AvgIpc) is 2.69. The summed E-state index contributed by atoms with van der Waals surface area (Å²) in [5.41, 5.74) is 6.92. The van der Waals surface area contributed by atoms with Gasteiger partial charge >= 0.3 is 0 Å². The van der Waals surface area contributed by atoms with Crippen molar-refractivity contribution in [3.8, 4) is 0 Å². The van der Waals surface area contributed by atoms with Crippen molar-refractivity contribution >= 4 is 23.1 Å². The van der Waals surface area contributed by atoms with Gasteiger partial charge in [-0.2, -0.15) is 9.97 Å². The van der Waals surface area contributed by atoms with Crippen molar-refractivity contribution in [2.24, 2.45) is 0 Å². The highest BCUT2D eigenvalue weighted by Crippen LogP contribution is 2.14. The number of aromatic nitrogens is 4. The van der Waals surface area contributed by atoms with Crippen molar-refractivity contribution in [1.29, 1.82) is 0 Å². The fourth-order valence-corrected chi connectivity index (χ4v) is 1.73. The third-order valence-corrected chi connectivity index (χ3v) is 2.54. The molecule has 0 unspecified atom stereocenters. The van der Waals surface area contributed by atoms with Crippen molar-refractivity contribution in [3.05, 3.63) is 6.20 Å². The van der Waals surface area contributed by atoms with Gasteiger partial charge in [0.15, 0.2) is 11.6 Å². The number of anilines is 2. The van der Waals surface area contributed by atoms with Crippen molar-refractivity contribution in [2.45, 2.75) is 0 Å². The largest absolute Gasteiger partial charge is 0.378 e. The summed E-state index contributed by atoms with van der Waals surface area (Å²) < 4.78 is 5.27. The highest BCUT2D eigenvalue weighted by Gasteiger charge is 2.14. The molecule has 0 spiro atoms. The lowest BCUT2D eigenvalue weighted by Gasteiger charge is -2.26. The first kappa shape index (κ1) is 9.34. The van der Waals surface area contributed by atoms with Gasteiger partial charge in [-0.3, -0.25) is 0 Å². The number of fused-ring (bicyclic) bond motifs is 1. The predicted molar refractivity (Wildman–Crippen MR) is 59.1 cm³/mol. The van der Waals surface area contributed by atoms with E-state index in [0.29, 0.717) is 30.8 Å². The van der Waals surface area contributed by atoms with E-state index in [1.165, 1.54) is 0 Å². The molecule has 0 amide bonds. The van der Waals surface area contributed by atoms with Crippen LogP contribution in [-0.4, -0.2) is 46.2 Å². The minimum absolute atomic E-state index is 0.364. The Balaban J connectivity index is 1.97. The minimum Gasteiger partial charge on any atom is -0.378 e. The Bertz CT molecular complexity index is 504. The zero-order chi connectivity index (χ0) is 11.0. The molecule has 16 heavy (non-hydrogen) atoms. The molecule has 2 aromatic rings. The molecule has 3 N–H and O–H groups in total. The summed E-state index contributed by atoms with van der Waals surface area (Å²) in [4.78, 5) is 17.7. The maximum Gasteiger partial charge on any atom is 0.227 e. The molecule has 84 valence electrons. The van der Waals surface area contributed by atoms with Gasteiger partial charge in [-0.15, -0.1) is 0 Å². The lowest BCUT2D eigenvalue weighted by atomic mass is 10.4. The molecule has 0 bridgehead atoms. The van der Waals surface area contributed by atoms with Gasteiger partial charge < -0.3 is 20.4 Å². The number of nitrogens with one attached hydrogen (secondary N) is 1.